The number of primary sulfonamides is 1. The summed E-state index contributed by atoms with van der Waals surface area (Å²) in [4.78, 5) is 4.64. The van der Waals surface area contributed by atoms with Crippen LogP contribution >= 0.6 is 0 Å². The molecule has 0 aromatic heterocycles. The van der Waals surface area contributed by atoms with E-state index in [2.05, 4.69) is 9.80 Å². The quantitative estimate of drug-likeness (QED) is 0.788. The molecule has 2 fully saturated rings. The van der Waals surface area contributed by atoms with Gasteiger partial charge in [-0.3, -0.25) is 4.90 Å². The summed E-state index contributed by atoms with van der Waals surface area (Å²) in [6.45, 7) is 4.92. The summed E-state index contributed by atoms with van der Waals surface area (Å²) in [7, 11) is -3.78. The highest BCUT2D eigenvalue weighted by atomic mass is 32.2. The predicted octanol–water partition coefficient (Wildman–Crippen LogP) is 0.448. The lowest BCUT2D eigenvalue weighted by atomic mass is 10.2. The van der Waals surface area contributed by atoms with E-state index in [1.165, 1.54) is 25.5 Å². The number of nitrogen functional groups attached to an aromatic ring is 1. The number of rotatable bonds is 4. The third-order valence-electron chi connectivity index (χ3n) is 4.28. The van der Waals surface area contributed by atoms with Crippen molar-refractivity contribution in [1.29, 1.82) is 0 Å². The van der Waals surface area contributed by atoms with Gasteiger partial charge in [0.2, 0.25) is 10.0 Å². The van der Waals surface area contributed by atoms with Crippen LogP contribution in [0.15, 0.2) is 23.1 Å². The van der Waals surface area contributed by atoms with Crippen LogP contribution in [0, 0.1) is 5.92 Å². The first-order chi connectivity index (χ1) is 9.95. The molecule has 1 aromatic rings. The van der Waals surface area contributed by atoms with Crippen LogP contribution in [0.25, 0.3) is 0 Å². The fourth-order valence-electron chi connectivity index (χ4n) is 2.89. The second-order valence-corrected chi connectivity index (χ2v) is 7.49. The van der Waals surface area contributed by atoms with Crippen LogP contribution in [0.5, 0.6) is 0 Å². The highest BCUT2D eigenvalue weighted by Crippen LogP contribution is 2.32. The van der Waals surface area contributed by atoms with Gasteiger partial charge in [-0.05, 0) is 30.9 Å². The number of hydrogen-bond acceptors (Lipinski definition) is 5. The second kappa shape index (κ2) is 5.47. The summed E-state index contributed by atoms with van der Waals surface area (Å²) >= 11 is 0. The van der Waals surface area contributed by atoms with Gasteiger partial charge in [-0.25, -0.2) is 13.6 Å². The second-order valence-electron chi connectivity index (χ2n) is 5.96. The van der Waals surface area contributed by atoms with E-state index in [4.69, 9.17) is 10.9 Å². The largest absolute Gasteiger partial charge is 0.396 e. The lowest BCUT2D eigenvalue weighted by molar-refractivity contribution is 0.248. The third kappa shape index (κ3) is 3.30. The molecular weight excluding hydrogens is 288 g/mol. The minimum absolute atomic E-state index is 0.0143. The Morgan fingerprint density at radius 1 is 1.14 bits per heavy atom. The lowest BCUT2D eigenvalue weighted by Gasteiger charge is -2.36. The van der Waals surface area contributed by atoms with Crippen molar-refractivity contribution in [3.05, 3.63) is 18.2 Å². The Morgan fingerprint density at radius 2 is 1.81 bits per heavy atom. The maximum Gasteiger partial charge on any atom is 0.240 e. The molecule has 1 heterocycles. The first-order valence-corrected chi connectivity index (χ1v) is 8.88. The SMILES string of the molecule is Nc1c(N2CCN(CC3CC3)CC2)cccc1S(N)(=O)=O. The molecule has 7 heteroatoms. The Labute approximate surface area is 125 Å². The monoisotopic (exact) mass is 310 g/mol. The van der Waals surface area contributed by atoms with Gasteiger partial charge >= 0.3 is 0 Å². The highest BCUT2D eigenvalue weighted by molar-refractivity contribution is 7.89. The van der Waals surface area contributed by atoms with E-state index in [0.29, 0.717) is 0 Å². The number of benzene rings is 1. The summed E-state index contributed by atoms with van der Waals surface area (Å²) in [6.07, 6.45) is 2.73. The lowest BCUT2D eigenvalue weighted by Crippen LogP contribution is -2.47. The summed E-state index contributed by atoms with van der Waals surface area (Å²) < 4.78 is 23.1. The van der Waals surface area contributed by atoms with Crippen LogP contribution in [-0.4, -0.2) is 46.0 Å². The van der Waals surface area contributed by atoms with Crippen molar-refractivity contribution >= 4 is 21.4 Å². The Morgan fingerprint density at radius 3 is 2.38 bits per heavy atom. The van der Waals surface area contributed by atoms with Crippen LogP contribution in [-0.2, 0) is 10.0 Å². The topological polar surface area (TPSA) is 92.7 Å². The van der Waals surface area contributed by atoms with Gasteiger partial charge in [-0.2, -0.15) is 0 Å². The molecule has 0 atom stereocenters. The van der Waals surface area contributed by atoms with Gasteiger partial charge in [0.15, 0.2) is 0 Å². The molecule has 4 N–H and O–H groups in total. The van der Waals surface area contributed by atoms with Crippen molar-refractivity contribution in [2.75, 3.05) is 43.4 Å². The molecule has 3 rings (SSSR count). The zero-order valence-electron chi connectivity index (χ0n) is 12.0. The molecule has 21 heavy (non-hydrogen) atoms. The summed E-state index contributed by atoms with van der Waals surface area (Å²) in [5.74, 6) is 0.896. The van der Waals surface area contributed by atoms with Gasteiger partial charge in [0.1, 0.15) is 4.90 Å². The minimum Gasteiger partial charge on any atom is -0.396 e. The minimum atomic E-state index is -3.78. The van der Waals surface area contributed by atoms with E-state index < -0.39 is 10.0 Å². The molecule has 2 aliphatic rings. The number of hydrogen-bond donors (Lipinski definition) is 2. The van der Waals surface area contributed by atoms with Crippen molar-refractivity contribution in [2.45, 2.75) is 17.7 Å². The number of nitrogens with two attached hydrogens (primary N) is 2. The van der Waals surface area contributed by atoms with Crippen LogP contribution in [0.2, 0.25) is 0 Å². The summed E-state index contributed by atoms with van der Waals surface area (Å²) in [5.41, 5.74) is 7.04. The molecule has 1 saturated carbocycles. The number of nitrogens with zero attached hydrogens (tertiary/aromatic N) is 2. The van der Waals surface area contributed by atoms with Crippen molar-refractivity contribution in [3.8, 4) is 0 Å². The first-order valence-electron chi connectivity index (χ1n) is 7.34. The number of para-hydroxylation sites is 1. The van der Waals surface area contributed by atoms with Crippen molar-refractivity contribution in [1.82, 2.24) is 4.90 Å². The molecule has 1 aliphatic carbocycles. The smallest absolute Gasteiger partial charge is 0.240 e. The Kier molecular flexibility index (Phi) is 3.81. The number of anilines is 2. The van der Waals surface area contributed by atoms with Crippen LogP contribution in [0.1, 0.15) is 12.8 Å². The molecule has 6 nitrogen and oxygen atoms in total. The molecule has 0 amide bonds. The van der Waals surface area contributed by atoms with Gasteiger partial charge in [0.25, 0.3) is 0 Å². The number of piperazine rings is 1. The van der Waals surface area contributed by atoms with E-state index >= 15 is 0 Å². The van der Waals surface area contributed by atoms with Crippen molar-refractivity contribution in [2.24, 2.45) is 11.1 Å². The number of sulfonamides is 1. The zero-order chi connectivity index (χ0) is 15.0. The normalized spacial score (nSPS) is 20.7. The predicted molar refractivity (Wildman–Crippen MR) is 83.6 cm³/mol. The van der Waals surface area contributed by atoms with E-state index in [1.807, 2.05) is 6.07 Å². The van der Waals surface area contributed by atoms with Crippen molar-refractivity contribution < 1.29 is 8.42 Å². The van der Waals surface area contributed by atoms with E-state index in [-0.39, 0.29) is 10.6 Å². The maximum atomic E-state index is 11.5. The highest BCUT2D eigenvalue weighted by Gasteiger charge is 2.27. The van der Waals surface area contributed by atoms with Gasteiger partial charge in [0.05, 0.1) is 11.4 Å². The molecular formula is C14H22N4O2S. The Bertz CT molecular complexity index is 620. The van der Waals surface area contributed by atoms with Gasteiger partial charge in [0, 0.05) is 32.7 Å². The summed E-state index contributed by atoms with van der Waals surface area (Å²) in [5, 5.41) is 5.21. The molecule has 0 radical (unpaired) electrons. The first kappa shape index (κ1) is 14.6. The Balaban J connectivity index is 1.73. The van der Waals surface area contributed by atoms with E-state index in [0.717, 1.165) is 37.8 Å². The molecule has 0 spiro atoms. The van der Waals surface area contributed by atoms with Crippen LogP contribution in [0.3, 0.4) is 0 Å². The average molecular weight is 310 g/mol. The standard InChI is InChI=1S/C14H22N4O2S/c15-14-12(2-1-3-13(14)21(16,19)20)18-8-6-17(7-9-18)10-11-4-5-11/h1-3,11H,4-10,15H2,(H2,16,19,20). The average Bonchev–Trinajstić information content (AvgIpc) is 3.23. The third-order valence-corrected chi connectivity index (χ3v) is 5.24. The maximum absolute atomic E-state index is 11.5. The van der Waals surface area contributed by atoms with Crippen molar-refractivity contribution in [3.63, 3.8) is 0 Å². The fourth-order valence-corrected chi connectivity index (χ4v) is 3.57. The Hall–Kier alpha value is -1.31. The molecule has 0 bridgehead atoms. The zero-order valence-corrected chi connectivity index (χ0v) is 12.8. The fraction of sp³-hybridized carbons (Fsp3) is 0.571. The van der Waals surface area contributed by atoms with Crippen LogP contribution < -0.4 is 15.8 Å². The molecule has 1 aromatic carbocycles. The molecule has 1 saturated heterocycles. The van der Waals surface area contributed by atoms with E-state index in [1.54, 1.807) is 6.07 Å². The van der Waals surface area contributed by atoms with Crippen LogP contribution in [0.4, 0.5) is 11.4 Å². The van der Waals surface area contributed by atoms with Gasteiger partial charge in [-0.1, -0.05) is 6.07 Å². The molecule has 116 valence electrons. The van der Waals surface area contributed by atoms with Gasteiger partial charge in [-0.15, -0.1) is 0 Å². The molecule has 1 aliphatic heterocycles. The summed E-state index contributed by atoms with van der Waals surface area (Å²) in [6, 6.07) is 5.01. The van der Waals surface area contributed by atoms with E-state index in [9.17, 15) is 8.42 Å². The molecule has 0 unspecified atom stereocenters. The van der Waals surface area contributed by atoms with Gasteiger partial charge < -0.3 is 10.6 Å².